The summed E-state index contributed by atoms with van der Waals surface area (Å²) in [5.74, 6) is 2.49. The molecule has 3 aliphatic heterocycles. The Labute approximate surface area is 337 Å². The van der Waals surface area contributed by atoms with Crippen LogP contribution in [-0.4, -0.2) is 88.6 Å². The highest BCUT2D eigenvalue weighted by molar-refractivity contribution is 7.93. The molecule has 302 valence electrons. The van der Waals surface area contributed by atoms with E-state index >= 15 is 0 Å². The molecule has 1 fully saturated rings. The zero-order valence-corrected chi connectivity index (χ0v) is 34.4. The van der Waals surface area contributed by atoms with Crippen LogP contribution in [0.3, 0.4) is 0 Å². The van der Waals surface area contributed by atoms with Crippen LogP contribution in [0.25, 0.3) is 0 Å². The molecular formula is C38H44Cl2N4O10S2. The molecule has 4 aromatic carbocycles. The van der Waals surface area contributed by atoms with E-state index < -0.39 is 20.0 Å². The molecular weight excluding hydrogens is 807 g/mol. The molecule has 56 heavy (non-hydrogen) atoms. The summed E-state index contributed by atoms with van der Waals surface area (Å²) >= 11 is 12.0. The Morgan fingerprint density at radius 3 is 1.54 bits per heavy atom. The maximum atomic E-state index is 13.2. The standard InChI is InChI=1S/C21H25ClN2O5S.C17H19ClN2O5S/c1-27-18-7-8-20(21-16(18)12-15(13-29-21)24-9-3-4-10-24)30(25,26)23-17-11-14(22)5-6-19(17)28-2;1-23-14-5-6-16(17-12(14)8-11(19)9-25-17)26(21,22)20-13-7-10(18)3-4-15(13)24-2/h5-8,11,15,23H,3-4,9-10,12-13H2,1-2H3;3-7,11,20H,8-9,19H2,1-2H3/t15-;11-/m11/s1. The van der Waals surface area contributed by atoms with Crippen molar-refractivity contribution in [1.29, 1.82) is 0 Å². The van der Waals surface area contributed by atoms with Crippen molar-refractivity contribution in [3.63, 3.8) is 0 Å². The van der Waals surface area contributed by atoms with Crippen LogP contribution in [0.1, 0.15) is 24.0 Å². The maximum Gasteiger partial charge on any atom is 0.265 e. The first kappa shape index (κ1) is 41.3. The highest BCUT2D eigenvalue weighted by Gasteiger charge is 2.34. The fourth-order valence-corrected chi connectivity index (χ4v) is 9.74. The molecule has 0 aliphatic carbocycles. The minimum absolute atomic E-state index is 0.00206. The zero-order valence-electron chi connectivity index (χ0n) is 31.3. The predicted molar refractivity (Wildman–Crippen MR) is 215 cm³/mol. The molecule has 0 saturated carbocycles. The van der Waals surface area contributed by atoms with Crippen LogP contribution in [0.15, 0.2) is 70.5 Å². The van der Waals surface area contributed by atoms with Crippen molar-refractivity contribution < 1.29 is 45.3 Å². The molecule has 2 atom stereocenters. The first-order valence-electron chi connectivity index (χ1n) is 17.7. The Hall–Kier alpha value is -4.32. The van der Waals surface area contributed by atoms with Crippen LogP contribution in [0.5, 0.6) is 34.5 Å². The molecule has 14 nitrogen and oxygen atoms in total. The van der Waals surface area contributed by atoms with Crippen molar-refractivity contribution in [3.05, 3.63) is 81.8 Å². The quantitative estimate of drug-likeness (QED) is 0.161. The van der Waals surface area contributed by atoms with Gasteiger partial charge in [-0.05, 0) is 99.4 Å². The van der Waals surface area contributed by atoms with E-state index in [-0.39, 0.29) is 45.6 Å². The number of nitrogens with one attached hydrogen (secondary N) is 2. The molecule has 1 saturated heterocycles. The summed E-state index contributed by atoms with van der Waals surface area (Å²) in [7, 11) is -1.90. The molecule has 0 spiro atoms. The summed E-state index contributed by atoms with van der Waals surface area (Å²) in [4.78, 5) is 2.47. The number of hydrogen-bond acceptors (Lipinski definition) is 12. The van der Waals surface area contributed by atoms with Crippen LogP contribution in [-0.2, 0) is 32.9 Å². The number of halogens is 2. The lowest BCUT2D eigenvalue weighted by Gasteiger charge is -2.33. The van der Waals surface area contributed by atoms with Crippen molar-refractivity contribution in [2.24, 2.45) is 5.73 Å². The smallest absolute Gasteiger partial charge is 0.265 e. The number of nitrogens with zero attached hydrogens (tertiary/aromatic N) is 1. The van der Waals surface area contributed by atoms with Gasteiger partial charge in [-0.25, -0.2) is 16.8 Å². The monoisotopic (exact) mass is 850 g/mol. The van der Waals surface area contributed by atoms with E-state index in [1.807, 2.05) is 0 Å². The Balaban J connectivity index is 0.000000192. The number of fused-ring (bicyclic) bond motifs is 2. The van der Waals surface area contributed by atoms with Crippen LogP contribution in [0, 0.1) is 0 Å². The second-order valence-electron chi connectivity index (χ2n) is 13.2. The highest BCUT2D eigenvalue weighted by atomic mass is 35.5. The summed E-state index contributed by atoms with van der Waals surface area (Å²) in [5, 5.41) is 0.775. The van der Waals surface area contributed by atoms with Gasteiger partial charge in [0.05, 0.1) is 39.8 Å². The van der Waals surface area contributed by atoms with Gasteiger partial charge in [0, 0.05) is 33.3 Å². The van der Waals surface area contributed by atoms with Gasteiger partial charge in [0.15, 0.2) is 0 Å². The second kappa shape index (κ2) is 17.4. The summed E-state index contributed by atoms with van der Waals surface area (Å²) in [6, 6.07) is 15.6. The predicted octanol–water partition coefficient (Wildman–Crippen LogP) is 5.98. The van der Waals surface area contributed by atoms with Gasteiger partial charge in [0.25, 0.3) is 20.0 Å². The van der Waals surface area contributed by atoms with Crippen molar-refractivity contribution >= 4 is 54.6 Å². The minimum atomic E-state index is -3.96. The van der Waals surface area contributed by atoms with Gasteiger partial charge in [-0.2, -0.15) is 0 Å². The average Bonchev–Trinajstić information content (AvgIpc) is 3.72. The highest BCUT2D eigenvalue weighted by Crippen LogP contribution is 2.42. The average molecular weight is 852 g/mol. The van der Waals surface area contributed by atoms with E-state index in [9.17, 15) is 16.8 Å². The Bertz CT molecular complexity index is 2290. The van der Waals surface area contributed by atoms with Gasteiger partial charge in [0.2, 0.25) is 0 Å². The number of likely N-dealkylation sites (tertiary alicyclic amines) is 1. The third kappa shape index (κ3) is 8.95. The molecule has 0 radical (unpaired) electrons. The van der Waals surface area contributed by atoms with E-state index in [0.29, 0.717) is 63.8 Å². The van der Waals surface area contributed by atoms with Crippen molar-refractivity contribution in [2.75, 3.05) is 64.2 Å². The number of benzene rings is 4. The number of nitrogens with two attached hydrogens (primary N) is 1. The fourth-order valence-electron chi connectivity index (χ4n) is 6.93. The summed E-state index contributed by atoms with van der Waals surface area (Å²) in [5.41, 5.74) is 7.84. The molecule has 18 heteroatoms. The third-order valence-corrected chi connectivity index (χ3v) is 12.9. The molecule has 4 N–H and O–H groups in total. The topological polar surface area (TPSA) is 177 Å². The van der Waals surface area contributed by atoms with E-state index in [2.05, 4.69) is 14.3 Å². The summed E-state index contributed by atoms with van der Waals surface area (Å²) < 4.78 is 90.5. The lowest BCUT2D eigenvalue weighted by Crippen LogP contribution is -2.41. The lowest BCUT2D eigenvalue weighted by molar-refractivity contribution is 0.137. The van der Waals surface area contributed by atoms with Crippen molar-refractivity contribution in [1.82, 2.24) is 4.90 Å². The largest absolute Gasteiger partial charge is 0.496 e. The number of ether oxygens (including phenoxy) is 6. The van der Waals surface area contributed by atoms with Crippen LogP contribution in [0.2, 0.25) is 10.0 Å². The van der Waals surface area contributed by atoms with Crippen LogP contribution >= 0.6 is 23.2 Å². The number of anilines is 2. The normalized spacial score (nSPS) is 17.8. The van der Waals surface area contributed by atoms with Gasteiger partial charge in [0.1, 0.15) is 57.5 Å². The molecule has 7 rings (SSSR count). The van der Waals surface area contributed by atoms with Gasteiger partial charge in [-0.1, -0.05) is 23.2 Å². The maximum absolute atomic E-state index is 13.2. The van der Waals surface area contributed by atoms with Gasteiger partial charge < -0.3 is 34.2 Å². The van der Waals surface area contributed by atoms with Crippen LogP contribution in [0.4, 0.5) is 11.4 Å². The van der Waals surface area contributed by atoms with Crippen molar-refractivity contribution in [3.8, 4) is 34.5 Å². The zero-order chi connectivity index (χ0) is 40.2. The second-order valence-corrected chi connectivity index (χ2v) is 17.4. The Morgan fingerprint density at radius 1 is 0.643 bits per heavy atom. The number of sulfonamides is 2. The summed E-state index contributed by atoms with van der Waals surface area (Å²) in [6.07, 6.45) is 3.51. The van der Waals surface area contributed by atoms with E-state index in [1.165, 1.54) is 58.4 Å². The van der Waals surface area contributed by atoms with Gasteiger partial charge in [-0.15, -0.1) is 0 Å². The van der Waals surface area contributed by atoms with Gasteiger partial charge in [-0.3, -0.25) is 14.3 Å². The first-order valence-corrected chi connectivity index (χ1v) is 21.4. The summed E-state index contributed by atoms with van der Waals surface area (Å²) in [6.45, 7) is 2.76. The van der Waals surface area contributed by atoms with E-state index in [4.69, 9.17) is 57.4 Å². The first-order chi connectivity index (χ1) is 26.8. The number of rotatable bonds is 11. The molecule has 0 unspecified atom stereocenters. The molecule has 0 bridgehead atoms. The minimum Gasteiger partial charge on any atom is -0.496 e. The Kier molecular flexibility index (Phi) is 12.9. The van der Waals surface area contributed by atoms with Crippen LogP contribution < -0.4 is 43.6 Å². The third-order valence-electron chi connectivity index (χ3n) is 9.62. The molecule has 3 heterocycles. The van der Waals surface area contributed by atoms with Gasteiger partial charge >= 0.3 is 0 Å². The Morgan fingerprint density at radius 2 is 1.07 bits per heavy atom. The van der Waals surface area contributed by atoms with Crippen molar-refractivity contribution in [2.45, 2.75) is 47.6 Å². The number of methoxy groups -OCH3 is 4. The molecule has 0 amide bonds. The van der Waals surface area contributed by atoms with E-state index in [0.717, 1.165) is 18.7 Å². The molecule has 3 aliphatic rings. The van der Waals surface area contributed by atoms with E-state index in [1.54, 1.807) is 43.5 Å². The molecule has 4 aromatic rings. The number of hydrogen-bond donors (Lipinski definition) is 3. The molecule has 0 aromatic heterocycles. The SMILES string of the molecule is COc1ccc(Cl)cc1NS(=O)(=O)c1ccc(OC)c2c1OC[C@H](N)C2.COc1ccc(Cl)cc1NS(=O)(=O)c1ccc(OC)c2c1OC[C@H](N1CCCC1)C2. The lowest BCUT2D eigenvalue weighted by atomic mass is 10.0. The fraction of sp³-hybridized carbons (Fsp3) is 0.368.